The summed E-state index contributed by atoms with van der Waals surface area (Å²) >= 11 is 0. The third-order valence-electron chi connectivity index (χ3n) is 2.60. The second-order valence-corrected chi connectivity index (χ2v) is 3.95. The van der Waals surface area contributed by atoms with Gasteiger partial charge in [-0.15, -0.1) is 0 Å². The van der Waals surface area contributed by atoms with E-state index in [1.807, 2.05) is 0 Å². The molecule has 1 saturated carbocycles. The van der Waals surface area contributed by atoms with Crippen LogP contribution in [0.4, 0.5) is 0 Å². The summed E-state index contributed by atoms with van der Waals surface area (Å²) in [6, 6.07) is 0. The molecule has 1 rings (SSSR count). The van der Waals surface area contributed by atoms with Gasteiger partial charge in [-0.05, 0) is 24.8 Å². The summed E-state index contributed by atoms with van der Waals surface area (Å²) < 4.78 is 4.82. The van der Waals surface area contributed by atoms with Gasteiger partial charge in [-0.25, -0.2) is 0 Å². The zero-order chi connectivity index (χ0) is 10.4. The predicted molar refractivity (Wildman–Crippen MR) is 55.0 cm³/mol. The third kappa shape index (κ3) is 4.58. The number of carbonyl (C=O) groups is 1. The Hall–Kier alpha value is -0.610. The van der Waals surface area contributed by atoms with Crippen molar-refractivity contribution in [2.24, 2.45) is 11.8 Å². The van der Waals surface area contributed by atoms with Crippen LogP contribution in [0.1, 0.15) is 13.3 Å². The summed E-state index contributed by atoms with van der Waals surface area (Å²) in [5.41, 5.74) is 0. The maximum atomic E-state index is 11.2. The van der Waals surface area contributed by atoms with E-state index in [-0.39, 0.29) is 5.91 Å². The first kappa shape index (κ1) is 11.5. The van der Waals surface area contributed by atoms with E-state index in [4.69, 9.17) is 4.74 Å². The van der Waals surface area contributed by atoms with Crippen molar-refractivity contribution in [2.45, 2.75) is 13.3 Å². The van der Waals surface area contributed by atoms with Crippen LogP contribution in [0.25, 0.3) is 0 Å². The maximum Gasteiger partial charge on any atom is 0.234 e. The van der Waals surface area contributed by atoms with Crippen molar-refractivity contribution < 1.29 is 9.53 Å². The third-order valence-corrected chi connectivity index (χ3v) is 2.60. The molecular formula is C10H20N2O2. The average Bonchev–Trinajstić information content (AvgIpc) is 2.83. The Balaban J connectivity index is 1.87. The summed E-state index contributed by atoms with van der Waals surface area (Å²) in [5.74, 6) is 1.69. The van der Waals surface area contributed by atoms with Gasteiger partial charge in [0.05, 0.1) is 13.2 Å². The van der Waals surface area contributed by atoms with E-state index >= 15 is 0 Å². The molecule has 1 fully saturated rings. The van der Waals surface area contributed by atoms with E-state index in [1.54, 1.807) is 7.11 Å². The average molecular weight is 200 g/mol. The molecule has 0 radical (unpaired) electrons. The molecule has 0 bridgehead atoms. The highest BCUT2D eigenvalue weighted by Gasteiger charge is 2.31. The lowest BCUT2D eigenvalue weighted by Gasteiger charge is -2.05. The monoisotopic (exact) mass is 200 g/mol. The molecule has 0 spiro atoms. The van der Waals surface area contributed by atoms with E-state index in [2.05, 4.69) is 17.6 Å². The van der Waals surface area contributed by atoms with Crippen molar-refractivity contribution in [2.75, 3.05) is 33.4 Å². The molecule has 1 aliphatic rings. The zero-order valence-corrected chi connectivity index (χ0v) is 9.01. The predicted octanol–water partition coefficient (Wildman–Crippen LogP) is -0.00540. The van der Waals surface area contributed by atoms with Crippen molar-refractivity contribution in [1.82, 2.24) is 10.6 Å². The standard InChI is InChI=1S/C10H20N2O2/c1-8-5-9(8)6-11-7-10(13)12-3-4-14-2/h8-9,11H,3-7H2,1-2H3,(H,12,13). The Bertz CT molecular complexity index is 185. The van der Waals surface area contributed by atoms with Crippen LogP contribution in [-0.4, -0.2) is 39.3 Å². The molecule has 1 aliphatic carbocycles. The Labute approximate surface area is 85.4 Å². The van der Waals surface area contributed by atoms with E-state index in [0.717, 1.165) is 18.4 Å². The number of hydrogen-bond acceptors (Lipinski definition) is 3. The zero-order valence-electron chi connectivity index (χ0n) is 9.01. The molecular weight excluding hydrogens is 180 g/mol. The van der Waals surface area contributed by atoms with Gasteiger partial charge in [0.25, 0.3) is 0 Å². The number of rotatable bonds is 7. The molecule has 2 N–H and O–H groups in total. The van der Waals surface area contributed by atoms with Crippen LogP contribution in [0.2, 0.25) is 0 Å². The summed E-state index contributed by atoms with van der Waals surface area (Å²) in [5, 5.41) is 5.91. The molecule has 82 valence electrons. The fourth-order valence-electron chi connectivity index (χ4n) is 1.41. The first-order valence-electron chi connectivity index (χ1n) is 5.20. The van der Waals surface area contributed by atoms with Crippen molar-refractivity contribution >= 4 is 5.91 Å². The highest BCUT2D eigenvalue weighted by Crippen LogP contribution is 2.36. The number of amides is 1. The second kappa shape index (κ2) is 5.98. The summed E-state index contributed by atoms with van der Waals surface area (Å²) in [7, 11) is 1.62. The van der Waals surface area contributed by atoms with Crippen molar-refractivity contribution in [3.8, 4) is 0 Å². The lowest BCUT2D eigenvalue weighted by molar-refractivity contribution is -0.120. The van der Waals surface area contributed by atoms with Crippen LogP contribution in [0, 0.1) is 11.8 Å². The van der Waals surface area contributed by atoms with Crippen molar-refractivity contribution in [3.63, 3.8) is 0 Å². The first-order valence-corrected chi connectivity index (χ1v) is 5.20. The van der Waals surface area contributed by atoms with Crippen molar-refractivity contribution in [3.05, 3.63) is 0 Å². The molecule has 1 amide bonds. The molecule has 4 heteroatoms. The smallest absolute Gasteiger partial charge is 0.234 e. The minimum absolute atomic E-state index is 0.0513. The van der Waals surface area contributed by atoms with Gasteiger partial charge in [0.1, 0.15) is 0 Å². The molecule has 2 atom stereocenters. The highest BCUT2D eigenvalue weighted by atomic mass is 16.5. The Morgan fingerprint density at radius 2 is 2.29 bits per heavy atom. The molecule has 0 saturated heterocycles. The topological polar surface area (TPSA) is 50.4 Å². The highest BCUT2D eigenvalue weighted by molar-refractivity contribution is 5.77. The molecule has 2 unspecified atom stereocenters. The largest absolute Gasteiger partial charge is 0.383 e. The quantitative estimate of drug-likeness (QED) is 0.569. The van der Waals surface area contributed by atoms with Crippen molar-refractivity contribution in [1.29, 1.82) is 0 Å². The normalized spacial score (nSPS) is 24.7. The minimum atomic E-state index is 0.0513. The van der Waals surface area contributed by atoms with E-state index in [0.29, 0.717) is 19.7 Å². The van der Waals surface area contributed by atoms with Crippen LogP contribution >= 0.6 is 0 Å². The lowest BCUT2D eigenvalue weighted by Crippen LogP contribution is -2.36. The fourth-order valence-corrected chi connectivity index (χ4v) is 1.41. The van der Waals surface area contributed by atoms with E-state index in [9.17, 15) is 4.79 Å². The van der Waals surface area contributed by atoms with Gasteiger partial charge < -0.3 is 15.4 Å². The fraction of sp³-hybridized carbons (Fsp3) is 0.900. The Morgan fingerprint density at radius 3 is 2.86 bits per heavy atom. The first-order chi connectivity index (χ1) is 6.74. The Morgan fingerprint density at radius 1 is 1.57 bits per heavy atom. The van der Waals surface area contributed by atoms with Gasteiger partial charge >= 0.3 is 0 Å². The van der Waals surface area contributed by atoms with Gasteiger partial charge in [-0.2, -0.15) is 0 Å². The van der Waals surface area contributed by atoms with Crippen LogP contribution in [-0.2, 0) is 9.53 Å². The number of methoxy groups -OCH3 is 1. The molecule has 0 heterocycles. The van der Waals surface area contributed by atoms with Crippen LogP contribution in [0.3, 0.4) is 0 Å². The molecule has 14 heavy (non-hydrogen) atoms. The molecule has 0 aliphatic heterocycles. The summed E-state index contributed by atoms with van der Waals surface area (Å²) in [6.45, 7) is 4.80. The number of nitrogens with one attached hydrogen (secondary N) is 2. The van der Waals surface area contributed by atoms with Crippen LogP contribution in [0.5, 0.6) is 0 Å². The molecule has 0 aromatic rings. The number of hydrogen-bond donors (Lipinski definition) is 2. The van der Waals surface area contributed by atoms with Crippen LogP contribution in [0.15, 0.2) is 0 Å². The SMILES string of the molecule is COCCNC(=O)CNCC1CC1C. The molecule has 4 nitrogen and oxygen atoms in total. The second-order valence-electron chi connectivity index (χ2n) is 3.95. The number of ether oxygens (including phenoxy) is 1. The van der Waals surface area contributed by atoms with Gasteiger partial charge in [-0.3, -0.25) is 4.79 Å². The minimum Gasteiger partial charge on any atom is -0.383 e. The molecule has 0 aromatic carbocycles. The summed E-state index contributed by atoms with van der Waals surface area (Å²) in [6.07, 6.45) is 1.30. The lowest BCUT2D eigenvalue weighted by atomic mass is 10.3. The maximum absolute atomic E-state index is 11.2. The van der Waals surface area contributed by atoms with Gasteiger partial charge in [-0.1, -0.05) is 6.92 Å². The van der Waals surface area contributed by atoms with E-state index < -0.39 is 0 Å². The van der Waals surface area contributed by atoms with Crippen LogP contribution < -0.4 is 10.6 Å². The Kier molecular flexibility index (Phi) is 4.90. The van der Waals surface area contributed by atoms with E-state index in [1.165, 1.54) is 6.42 Å². The summed E-state index contributed by atoms with van der Waals surface area (Å²) in [4.78, 5) is 11.2. The van der Waals surface area contributed by atoms with Gasteiger partial charge in [0.2, 0.25) is 5.91 Å². The van der Waals surface area contributed by atoms with Gasteiger partial charge in [0, 0.05) is 13.7 Å². The molecule has 0 aromatic heterocycles. The van der Waals surface area contributed by atoms with Gasteiger partial charge in [0.15, 0.2) is 0 Å². The number of carbonyl (C=O) groups excluding carboxylic acids is 1.